The second kappa shape index (κ2) is 6.11. The number of hydrogen-bond donors (Lipinski definition) is 1. The lowest BCUT2D eigenvalue weighted by Crippen LogP contribution is -2.36. The molecule has 3 nitrogen and oxygen atoms in total. The number of fused-ring (bicyclic) bond motifs is 3. The van der Waals surface area contributed by atoms with Gasteiger partial charge in [-0.15, -0.1) is 0 Å². The summed E-state index contributed by atoms with van der Waals surface area (Å²) >= 11 is 0. The molecule has 3 aliphatic carbocycles. The zero-order valence-corrected chi connectivity index (χ0v) is 9.87. The number of rotatable bonds is 2. The zero-order valence-electron chi connectivity index (χ0n) is 9.87. The molecule has 0 aromatic rings. The number of esters is 1. The van der Waals surface area contributed by atoms with Gasteiger partial charge < -0.3 is 10.5 Å². The van der Waals surface area contributed by atoms with Crippen LogP contribution in [0.25, 0.3) is 0 Å². The van der Waals surface area contributed by atoms with E-state index in [0.717, 1.165) is 12.3 Å². The Bertz CT molecular complexity index is 198. The Kier molecular flexibility index (Phi) is 5.09. The molecule has 0 amide bonds. The summed E-state index contributed by atoms with van der Waals surface area (Å²) in [4.78, 5) is 11.6. The van der Waals surface area contributed by atoms with Crippen LogP contribution < -0.4 is 5.73 Å². The van der Waals surface area contributed by atoms with E-state index in [1.807, 2.05) is 6.92 Å². The molecule has 1 unspecified atom stereocenters. The summed E-state index contributed by atoms with van der Waals surface area (Å²) in [6.45, 7) is 2.42. The minimum atomic E-state index is 0.0666. The van der Waals surface area contributed by atoms with E-state index in [4.69, 9.17) is 4.74 Å². The number of ether oxygens (including phenoxy) is 1. The number of carbonyl (C=O) groups is 1. The quantitative estimate of drug-likeness (QED) is 0.713. The minimum absolute atomic E-state index is 0.0666. The lowest BCUT2D eigenvalue weighted by Gasteiger charge is -2.40. The van der Waals surface area contributed by atoms with E-state index in [1.165, 1.54) is 32.7 Å². The van der Waals surface area contributed by atoms with Gasteiger partial charge in [-0.25, -0.2) is 0 Å². The number of nitrogens with two attached hydrogens (primary N) is 1. The fraction of sp³-hybridized carbons (Fsp3) is 0.917. The van der Waals surface area contributed by atoms with E-state index < -0.39 is 0 Å². The van der Waals surface area contributed by atoms with Crippen LogP contribution >= 0.6 is 0 Å². The van der Waals surface area contributed by atoms with Crippen molar-refractivity contribution in [1.29, 1.82) is 0 Å². The van der Waals surface area contributed by atoms with Gasteiger partial charge in [0.2, 0.25) is 0 Å². The van der Waals surface area contributed by atoms with Gasteiger partial charge in [-0.2, -0.15) is 0 Å². The van der Waals surface area contributed by atoms with Gasteiger partial charge in [0, 0.05) is 0 Å². The van der Waals surface area contributed by atoms with Crippen molar-refractivity contribution in [1.82, 2.24) is 0 Å². The van der Waals surface area contributed by atoms with Crippen LogP contribution in [0.2, 0.25) is 0 Å². The molecule has 3 saturated carbocycles. The van der Waals surface area contributed by atoms with Crippen molar-refractivity contribution in [2.75, 3.05) is 13.7 Å². The van der Waals surface area contributed by atoms with Gasteiger partial charge in [0.15, 0.2) is 0 Å². The molecule has 3 heteroatoms. The van der Waals surface area contributed by atoms with Gasteiger partial charge >= 0.3 is 5.97 Å². The van der Waals surface area contributed by atoms with Gasteiger partial charge in [0.05, 0.1) is 12.5 Å². The molecular formula is C12H23NO2. The summed E-state index contributed by atoms with van der Waals surface area (Å²) < 4.78 is 5.10. The third-order valence-corrected chi connectivity index (χ3v) is 3.64. The van der Waals surface area contributed by atoms with E-state index in [2.05, 4.69) is 5.73 Å². The predicted molar refractivity (Wildman–Crippen MR) is 60.3 cm³/mol. The highest BCUT2D eigenvalue weighted by molar-refractivity contribution is 5.73. The topological polar surface area (TPSA) is 52.3 Å². The molecule has 3 aliphatic rings. The molecular weight excluding hydrogens is 190 g/mol. The first-order valence-corrected chi connectivity index (χ1v) is 6.05. The molecule has 2 bridgehead atoms. The minimum Gasteiger partial charge on any atom is -0.466 e. The Balaban J connectivity index is 0.000000531. The third-order valence-electron chi connectivity index (χ3n) is 3.64. The summed E-state index contributed by atoms with van der Waals surface area (Å²) in [6.07, 6.45) is 6.31. The van der Waals surface area contributed by atoms with Crippen LogP contribution in [-0.2, 0) is 9.53 Å². The zero-order chi connectivity index (χ0) is 11.3. The first kappa shape index (κ1) is 12.5. The van der Waals surface area contributed by atoms with Gasteiger partial charge in [-0.1, -0.05) is 12.8 Å². The molecule has 1 atom stereocenters. The monoisotopic (exact) mass is 213 g/mol. The summed E-state index contributed by atoms with van der Waals surface area (Å²) in [7, 11) is 1.50. The largest absolute Gasteiger partial charge is 0.466 e. The summed E-state index contributed by atoms with van der Waals surface area (Å²) in [5.41, 5.74) is 4.50. The maximum absolute atomic E-state index is 11.6. The lowest BCUT2D eigenvalue weighted by atomic mass is 9.65. The van der Waals surface area contributed by atoms with Crippen LogP contribution in [0.5, 0.6) is 0 Å². The average Bonchev–Trinajstić information content (AvgIpc) is 2.33. The molecule has 3 rings (SSSR count). The number of carbonyl (C=O) groups excluding carboxylic acids is 1. The maximum Gasteiger partial charge on any atom is 0.309 e. The van der Waals surface area contributed by atoms with Crippen LogP contribution in [0.3, 0.4) is 0 Å². The van der Waals surface area contributed by atoms with Gasteiger partial charge in [-0.05, 0) is 45.1 Å². The fourth-order valence-corrected chi connectivity index (χ4v) is 2.92. The highest BCUT2D eigenvalue weighted by Gasteiger charge is 2.39. The van der Waals surface area contributed by atoms with Crippen molar-refractivity contribution in [2.24, 2.45) is 23.5 Å². The smallest absolute Gasteiger partial charge is 0.309 e. The number of hydrogen-bond acceptors (Lipinski definition) is 3. The Morgan fingerprint density at radius 3 is 2.27 bits per heavy atom. The molecule has 0 radical (unpaired) electrons. The highest BCUT2D eigenvalue weighted by atomic mass is 16.5. The predicted octanol–water partition coefficient (Wildman–Crippen LogP) is 1.95. The summed E-state index contributed by atoms with van der Waals surface area (Å²) in [5.74, 6) is 1.77. The van der Waals surface area contributed by atoms with Crippen molar-refractivity contribution >= 4 is 5.97 Å². The van der Waals surface area contributed by atoms with E-state index >= 15 is 0 Å². The molecule has 0 spiro atoms. The Hall–Kier alpha value is -0.570. The molecule has 2 N–H and O–H groups in total. The second-order valence-corrected chi connectivity index (χ2v) is 4.38. The SMILES string of the molecule is CCOC(=O)C1CC2CCC1CC2.CN. The van der Waals surface area contributed by atoms with Crippen molar-refractivity contribution in [3.05, 3.63) is 0 Å². The first-order chi connectivity index (χ1) is 7.31. The van der Waals surface area contributed by atoms with Crippen molar-refractivity contribution in [3.63, 3.8) is 0 Å². The van der Waals surface area contributed by atoms with Gasteiger partial charge in [0.1, 0.15) is 0 Å². The summed E-state index contributed by atoms with van der Waals surface area (Å²) in [6, 6.07) is 0. The van der Waals surface area contributed by atoms with Crippen molar-refractivity contribution < 1.29 is 9.53 Å². The Morgan fingerprint density at radius 2 is 1.87 bits per heavy atom. The molecule has 88 valence electrons. The molecule has 0 aromatic carbocycles. The van der Waals surface area contributed by atoms with Crippen LogP contribution in [0.15, 0.2) is 0 Å². The van der Waals surface area contributed by atoms with E-state index in [-0.39, 0.29) is 11.9 Å². The molecule has 0 saturated heterocycles. The maximum atomic E-state index is 11.6. The summed E-state index contributed by atoms with van der Waals surface area (Å²) in [5, 5.41) is 0. The van der Waals surface area contributed by atoms with Crippen LogP contribution in [0.4, 0.5) is 0 Å². The van der Waals surface area contributed by atoms with Gasteiger partial charge in [0.25, 0.3) is 0 Å². The Morgan fingerprint density at radius 1 is 1.27 bits per heavy atom. The van der Waals surface area contributed by atoms with E-state index in [9.17, 15) is 4.79 Å². The lowest BCUT2D eigenvalue weighted by molar-refractivity contribution is -0.153. The molecule has 15 heavy (non-hydrogen) atoms. The molecule has 3 fully saturated rings. The Labute approximate surface area is 92.4 Å². The van der Waals surface area contributed by atoms with Crippen LogP contribution in [0, 0.1) is 17.8 Å². The standard InChI is InChI=1S/C11H18O2.CH5N/c1-2-13-11(12)10-7-8-3-5-9(10)6-4-8;1-2/h8-10H,2-7H2,1H3;2H2,1H3. The third kappa shape index (κ3) is 2.94. The van der Waals surface area contributed by atoms with Gasteiger partial charge in [-0.3, -0.25) is 4.79 Å². The molecule has 0 aromatic heterocycles. The molecule has 0 heterocycles. The average molecular weight is 213 g/mol. The van der Waals surface area contributed by atoms with Crippen LogP contribution in [0.1, 0.15) is 39.0 Å². The van der Waals surface area contributed by atoms with Crippen LogP contribution in [-0.4, -0.2) is 19.6 Å². The van der Waals surface area contributed by atoms with Crippen molar-refractivity contribution in [3.8, 4) is 0 Å². The second-order valence-electron chi connectivity index (χ2n) is 4.38. The highest BCUT2D eigenvalue weighted by Crippen LogP contribution is 2.45. The van der Waals surface area contributed by atoms with E-state index in [1.54, 1.807) is 0 Å². The van der Waals surface area contributed by atoms with Crippen molar-refractivity contribution in [2.45, 2.75) is 39.0 Å². The van der Waals surface area contributed by atoms with E-state index in [0.29, 0.717) is 12.5 Å². The fourth-order valence-electron chi connectivity index (χ4n) is 2.92. The molecule has 0 aliphatic heterocycles. The normalized spacial score (nSPS) is 32.9. The first-order valence-electron chi connectivity index (χ1n) is 6.05.